The fraction of sp³-hybridized carbons (Fsp3) is 0.231. The summed E-state index contributed by atoms with van der Waals surface area (Å²) < 4.78 is 18.1. The monoisotopic (exact) mass is 489 g/mol. The van der Waals surface area contributed by atoms with Crippen molar-refractivity contribution in [2.75, 3.05) is 13.7 Å². The molecule has 5 rings (SSSR count). The number of methoxy groups -OCH3 is 1. The summed E-state index contributed by atoms with van der Waals surface area (Å²) in [5, 5.41) is 10.7. The predicted molar refractivity (Wildman–Crippen MR) is 129 cm³/mol. The SMILES string of the molecule is COC(=O)c1n[nH]c2c1CCN(C(=O)[C@@H](Cc1c[nH]c3ccccc13)NC(=O)c1ccc(F)cc1)C2. The number of rotatable bonds is 6. The lowest BCUT2D eigenvalue weighted by Gasteiger charge is -2.30. The van der Waals surface area contributed by atoms with E-state index in [9.17, 15) is 18.8 Å². The lowest BCUT2D eigenvalue weighted by molar-refractivity contribution is -0.134. The van der Waals surface area contributed by atoms with Gasteiger partial charge in [-0.3, -0.25) is 14.7 Å². The number of nitrogens with zero attached hydrogens (tertiary/aromatic N) is 2. The van der Waals surface area contributed by atoms with Crippen molar-refractivity contribution in [3.8, 4) is 0 Å². The number of aromatic amines is 2. The summed E-state index contributed by atoms with van der Waals surface area (Å²) in [5.74, 6) is -1.72. The summed E-state index contributed by atoms with van der Waals surface area (Å²) in [6, 6.07) is 12.0. The minimum atomic E-state index is -0.869. The minimum Gasteiger partial charge on any atom is -0.464 e. The molecule has 4 aromatic rings. The zero-order valence-corrected chi connectivity index (χ0v) is 19.5. The highest BCUT2D eigenvalue weighted by molar-refractivity contribution is 5.98. The molecule has 1 aliphatic heterocycles. The van der Waals surface area contributed by atoms with Crippen LogP contribution in [0, 0.1) is 5.82 Å². The molecule has 2 aromatic heterocycles. The smallest absolute Gasteiger partial charge is 0.358 e. The van der Waals surface area contributed by atoms with E-state index in [4.69, 9.17) is 4.74 Å². The molecule has 9 nitrogen and oxygen atoms in total. The highest BCUT2D eigenvalue weighted by Crippen LogP contribution is 2.24. The number of H-pyrrole nitrogens is 2. The lowest BCUT2D eigenvalue weighted by atomic mass is 10.0. The second kappa shape index (κ2) is 9.65. The van der Waals surface area contributed by atoms with Gasteiger partial charge in [-0.2, -0.15) is 5.10 Å². The van der Waals surface area contributed by atoms with Crippen LogP contribution in [0.3, 0.4) is 0 Å². The van der Waals surface area contributed by atoms with E-state index in [1.165, 1.54) is 31.4 Å². The second-order valence-electron chi connectivity index (χ2n) is 8.63. The number of para-hydroxylation sites is 1. The predicted octanol–water partition coefficient (Wildman–Crippen LogP) is 2.74. The Hall–Kier alpha value is -4.47. The molecule has 0 bridgehead atoms. The van der Waals surface area contributed by atoms with Gasteiger partial charge in [0, 0.05) is 41.2 Å². The molecule has 1 atom stereocenters. The van der Waals surface area contributed by atoms with Crippen LogP contribution in [0.15, 0.2) is 54.7 Å². The molecule has 36 heavy (non-hydrogen) atoms. The number of hydrogen-bond donors (Lipinski definition) is 3. The second-order valence-corrected chi connectivity index (χ2v) is 8.63. The first-order valence-electron chi connectivity index (χ1n) is 11.5. The van der Waals surface area contributed by atoms with E-state index >= 15 is 0 Å². The number of fused-ring (bicyclic) bond motifs is 2. The molecule has 0 aliphatic carbocycles. The maximum absolute atomic E-state index is 13.7. The molecular weight excluding hydrogens is 465 g/mol. The van der Waals surface area contributed by atoms with Crippen molar-refractivity contribution in [1.82, 2.24) is 25.4 Å². The van der Waals surface area contributed by atoms with E-state index < -0.39 is 23.7 Å². The normalized spacial score (nSPS) is 13.8. The Morgan fingerprint density at radius 1 is 1.17 bits per heavy atom. The van der Waals surface area contributed by atoms with Crippen LogP contribution in [0.4, 0.5) is 4.39 Å². The van der Waals surface area contributed by atoms with Gasteiger partial charge in [0.2, 0.25) is 5.91 Å². The van der Waals surface area contributed by atoms with Gasteiger partial charge in [-0.15, -0.1) is 0 Å². The van der Waals surface area contributed by atoms with Crippen LogP contribution >= 0.6 is 0 Å². The highest BCUT2D eigenvalue weighted by Gasteiger charge is 2.32. The van der Waals surface area contributed by atoms with Crippen LogP contribution in [0.5, 0.6) is 0 Å². The van der Waals surface area contributed by atoms with Crippen molar-refractivity contribution in [2.45, 2.75) is 25.4 Å². The number of hydrogen-bond acceptors (Lipinski definition) is 5. The van der Waals surface area contributed by atoms with Crippen LogP contribution in [0.25, 0.3) is 10.9 Å². The van der Waals surface area contributed by atoms with Crippen molar-refractivity contribution < 1.29 is 23.5 Å². The van der Waals surface area contributed by atoms with E-state index in [2.05, 4.69) is 20.5 Å². The van der Waals surface area contributed by atoms with Crippen LogP contribution in [0.1, 0.15) is 37.7 Å². The summed E-state index contributed by atoms with van der Waals surface area (Å²) in [6.07, 6.45) is 2.52. The van der Waals surface area contributed by atoms with Gasteiger partial charge in [-0.25, -0.2) is 9.18 Å². The first kappa shape index (κ1) is 23.3. The summed E-state index contributed by atoms with van der Waals surface area (Å²) in [4.78, 5) is 43.5. The van der Waals surface area contributed by atoms with E-state index in [0.717, 1.165) is 22.0 Å². The Morgan fingerprint density at radius 3 is 2.72 bits per heavy atom. The maximum atomic E-state index is 13.7. The summed E-state index contributed by atoms with van der Waals surface area (Å²) in [6.45, 7) is 0.571. The van der Waals surface area contributed by atoms with Gasteiger partial charge >= 0.3 is 5.97 Å². The molecule has 184 valence electrons. The topological polar surface area (TPSA) is 120 Å². The molecule has 0 fully saturated rings. The first-order chi connectivity index (χ1) is 17.4. The third kappa shape index (κ3) is 4.45. The average Bonchev–Trinajstić information content (AvgIpc) is 3.51. The van der Waals surface area contributed by atoms with E-state index in [1.54, 1.807) is 4.90 Å². The summed E-state index contributed by atoms with van der Waals surface area (Å²) in [7, 11) is 1.29. The molecule has 0 unspecified atom stereocenters. The Morgan fingerprint density at radius 2 is 1.94 bits per heavy atom. The molecule has 0 spiro atoms. The molecular formula is C26H24FN5O4. The van der Waals surface area contributed by atoms with Gasteiger partial charge in [0.05, 0.1) is 19.3 Å². The molecule has 3 heterocycles. The molecule has 2 amide bonds. The number of nitrogens with one attached hydrogen (secondary N) is 3. The van der Waals surface area contributed by atoms with Crippen molar-refractivity contribution in [2.24, 2.45) is 0 Å². The molecule has 3 N–H and O–H groups in total. The third-order valence-electron chi connectivity index (χ3n) is 6.43. The van der Waals surface area contributed by atoms with Crippen LogP contribution in [0.2, 0.25) is 0 Å². The number of benzene rings is 2. The number of carbonyl (C=O) groups excluding carboxylic acids is 3. The lowest BCUT2D eigenvalue weighted by Crippen LogP contribution is -2.51. The Balaban J connectivity index is 1.41. The van der Waals surface area contributed by atoms with Gasteiger partial charge < -0.3 is 19.9 Å². The van der Waals surface area contributed by atoms with Crippen LogP contribution < -0.4 is 5.32 Å². The third-order valence-corrected chi connectivity index (χ3v) is 6.43. The zero-order chi connectivity index (χ0) is 25.2. The van der Waals surface area contributed by atoms with Gasteiger partial charge in [0.25, 0.3) is 5.91 Å². The molecule has 0 saturated heterocycles. The first-order valence-corrected chi connectivity index (χ1v) is 11.5. The van der Waals surface area contributed by atoms with Crippen LogP contribution in [-0.4, -0.2) is 57.6 Å². The maximum Gasteiger partial charge on any atom is 0.358 e. The number of aromatic nitrogens is 3. The van der Waals surface area contributed by atoms with Gasteiger partial charge in [-0.05, 0) is 42.3 Å². The van der Waals surface area contributed by atoms with Crippen molar-refractivity contribution in [3.05, 3.63) is 88.6 Å². The number of halogens is 1. The quantitative estimate of drug-likeness (QED) is 0.360. The summed E-state index contributed by atoms with van der Waals surface area (Å²) >= 11 is 0. The van der Waals surface area contributed by atoms with Gasteiger partial charge in [0.1, 0.15) is 11.9 Å². The Bertz CT molecular complexity index is 1440. The van der Waals surface area contributed by atoms with E-state index in [0.29, 0.717) is 18.7 Å². The number of ether oxygens (including phenoxy) is 1. The van der Waals surface area contributed by atoms with Crippen molar-refractivity contribution >= 4 is 28.7 Å². The Kier molecular flexibility index (Phi) is 6.24. The Labute approximate surface area is 205 Å². The molecule has 1 aliphatic rings. The highest BCUT2D eigenvalue weighted by atomic mass is 19.1. The molecule has 2 aromatic carbocycles. The van der Waals surface area contributed by atoms with E-state index in [1.807, 2.05) is 30.5 Å². The van der Waals surface area contributed by atoms with Crippen molar-refractivity contribution in [1.29, 1.82) is 0 Å². The fourth-order valence-corrected chi connectivity index (χ4v) is 4.56. The number of esters is 1. The molecule has 10 heteroatoms. The molecule has 0 radical (unpaired) electrons. The minimum absolute atomic E-state index is 0.217. The number of amides is 2. The fourth-order valence-electron chi connectivity index (χ4n) is 4.56. The standard InChI is InChI=1S/C26H24FN5O4/c1-36-26(35)23-19-10-11-32(14-22(19)30-31-23)25(34)21(29-24(33)15-6-8-17(27)9-7-15)12-16-13-28-20-5-3-2-4-18(16)20/h2-9,13,21,28H,10-12,14H2,1H3,(H,29,33)(H,30,31)/t21-/m1/s1. The summed E-state index contributed by atoms with van der Waals surface area (Å²) in [5.41, 5.74) is 3.68. The zero-order valence-electron chi connectivity index (χ0n) is 19.5. The van der Waals surface area contributed by atoms with Crippen LogP contribution in [-0.2, 0) is 28.9 Å². The number of carbonyl (C=O) groups is 3. The van der Waals surface area contributed by atoms with Gasteiger partial charge in [0.15, 0.2) is 5.69 Å². The molecule has 0 saturated carbocycles. The largest absolute Gasteiger partial charge is 0.464 e. The van der Waals surface area contributed by atoms with Gasteiger partial charge in [-0.1, -0.05) is 18.2 Å². The van der Waals surface area contributed by atoms with E-state index in [-0.39, 0.29) is 30.1 Å². The van der Waals surface area contributed by atoms with Crippen molar-refractivity contribution in [3.63, 3.8) is 0 Å². The average molecular weight is 490 g/mol.